The molecule has 3 rings (SSSR count). The number of carbonyl (C=O) groups is 2. The van der Waals surface area contributed by atoms with E-state index in [4.69, 9.17) is 0 Å². The minimum absolute atomic E-state index is 0.0277. The van der Waals surface area contributed by atoms with Crippen LogP contribution in [-0.4, -0.2) is 16.8 Å². The quantitative estimate of drug-likeness (QED) is 0.906. The first-order valence-corrected chi connectivity index (χ1v) is 7.19. The van der Waals surface area contributed by atoms with E-state index in [0.717, 1.165) is 16.1 Å². The number of hydrogen-bond acceptors (Lipinski definition) is 4. The van der Waals surface area contributed by atoms with Crippen molar-refractivity contribution in [2.24, 2.45) is 0 Å². The molecule has 1 aliphatic heterocycles. The summed E-state index contributed by atoms with van der Waals surface area (Å²) in [6, 6.07) is 5.36. The molecule has 0 atom stereocenters. The zero-order valence-corrected chi connectivity index (χ0v) is 11.5. The Hall–Kier alpha value is -2.21. The van der Waals surface area contributed by atoms with E-state index >= 15 is 0 Å². The number of amides is 2. The molecule has 0 bridgehead atoms. The molecule has 1 aromatic heterocycles. The van der Waals surface area contributed by atoms with Crippen LogP contribution >= 0.6 is 11.3 Å². The van der Waals surface area contributed by atoms with E-state index < -0.39 is 0 Å². The van der Waals surface area contributed by atoms with Gasteiger partial charge < -0.3 is 10.6 Å². The highest BCUT2D eigenvalue weighted by atomic mass is 32.1. The monoisotopic (exact) mass is 287 g/mol. The summed E-state index contributed by atoms with van der Waals surface area (Å²) in [5.74, 6) is -0.0852. The average Bonchev–Trinajstić information content (AvgIpc) is 2.97. The lowest BCUT2D eigenvalue weighted by Gasteiger charge is -2.17. The van der Waals surface area contributed by atoms with Crippen molar-refractivity contribution in [3.05, 3.63) is 45.9 Å². The van der Waals surface area contributed by atoms with Crippen LogP contribution in [0.15, 0.2) is 29.9 Å². The Bertz CT molecular complexity index is 652. The van der Waals surface area contributed by atoms with Crippen LogP contribution in [0.25, 0.3) is 0 Å². The highest BCUT2D eigenvalue weighted by Gasteiger charge is 2.16. The van der Waals surface area contributed by atoms with Gasteiger partial charge in [-0.05, 0) is 30.2 Å². The molecular weight excluding hydrogens is 274 g/mol. The summed E-state index contributed by atoms with van der Waals surface area (Å²) in [6.45, 7) is 0.483. The molecule has 2 heterocycles. The van der Waals surface area contributed by atoms with Crippen LogP contribution < -0.4 is 10.6 Å². The molecule has 102 valence electrons. The number of anilines is 1. The van der Waals surface area contributed by atoms with Crippen molar-refractivity contribution in [1.29, 1.82) is 0 Å². The fraction of sp³-hybridized carbons (Fsp3) is 0.214. The summed E-state index contributed by atoms with van der Waals surface area (Å²) in [4.78, 5) is 28.3. The highest BCUT2D eigenvalue weighted by Crippen LogP contribution is 2.23. The summed E-state index contributed by atoms with van der Waals surface area (Å²) < 4.78 is 0. The molecule has 0 fully saturated rings. The van der Waals surface area contributed by atoms with Gasteiger partial charge in [-0.15, -0.1) is 11.3 Å². The number of nitrogens with zero attached hydrogens (tertiary/aromatic N) is 1. The number of thiazole rings is 1. The van der Waals surface area contributed by atoms with Crippen LogP contribution in [0.5, 0.6) is 0 Å². The van der Waals surface area contributed by atoms with Crippen molar-refractivity contribution in [3.8, 4) is 0 Å². The molecule has 2 aromatic rings. The van der Waals surface area contributed by atoms with Crippen LogP contribution in [0.4, 0.5) is 5.69 Å². The summed E-state index contributed by atoms with van der Waals surface area (Å²) >= 11 is 1.51. The van der Waals surface area contributed by atoms with E-state index in [2.05, 4.69) is 15.6 Å². The second-order valence-corrected chi connectivity index (χ2v) is 5.54. The van der Waals surface area contributed by atoms with E-state index in [1.165, 1.54) is 11.3 Å². The minimum Gasteiger partial charge on any atom is -0.347 e. The highest BCUT2D eigenvalue weighted by molar-refractivity contribution is 7.09. The largest absolute Gasteiger partial charge is 0.347 e. The van der Waals surface area contributed by atoms with Crippen LogP contribution in [0, 0.1) is 0 Å². The van der Waals surface area contributed by atoms with Gasteiger partial charge in [0.25, 0.3) is 5.91 Å². The topological polar surface area (TPSA) is 71.1 Å². The van der Waals surface area contributed by atoms with Crippen LogP contribution in [0.1, 0.15) is 27.2 Å². The second-order valence-electron chi connectivity index (χ2n) is 4.57. The lowest BCUT2D eigenvalue weighted by Crippen LogP contribution is -2.24. The lowest BCUT2D eigenvalue weighted by atomic mass is 10.00. The SMILES string of the molecule is O=C1CCc2cc(C(=O)NCc3cncs3)ccc2N1. The van der Waals surface area contributed by atoms with Crippen molar-refractivity contribution < 1.29 is 9.59 Å². The van der Waals surface area contributed by atoms with E-state index in [1.54, 1.807) is 23.8 Å². The maximum atomic E-state index is 12.1. The van der Waals surface area contributed by atoms with Gasteiger partial charge in [0.05, 0.1) is 12.1 Å². The number of hydrogen-bond donors (Lipinski definition) is 2. The summed E-state index contributed by atoms with van der Waals surface area (Å²) in [5, 5.41) is 5.66. The number of aromatic nitrogens is 1. The molecule has 2 N–H and O–H groups in total. The lowest BCUT2D eigenvalue weighted by molar-refractivity contribution is -0.116. The van der Waals surface area contributed by atoms with Crippen molar-refractivity contribution in [2.45, 2.75) is 19.4 Å². The first-order valence-electron chi connectivity index (χ1n) is 6.31. The number of carbonyl (C=O) groups excluding carboxylic acids is 2. The third-order valence-corrected chi connectivity index (χ3v) is 3.95. The Balaban J connectivity index is 1.70. The predicted molar refractivity (Wildman–Crippen MR) is 76.7 cm³/mol. The molecule has 0 aliphatic carbocycles. The Morgan fingerprint density at radius 1 is 1.40 bits per heavy atom. The van der Waals surface area contributed by atoms with E-state index in [0.29, 0.717) is 24.9 Å². The number of rotatable bonds is 3. The smallest absolute Gasteiger partial charge is 0.251 e. The van der Waals surface area contributed by atoms with Crippen molar-refractivity contribution in [1.82, 2.24) is 10.3 Å². The Kier molecular flexibility index (Phi) is 3.47. The Morgan fingerprint density at radius 2 is 2.30 bits per heavy atom. The first kappa shape index (κ1) is 12.8. The fourth-order valence-corrected chi connectivity index (χ4v) is 2.66. The van der Waals surface area contributed by atoms with Crippen molar-refractivity contribution in [2.75, 3.05) is 5.32 Å². The third kappa shape index (κ3) is 2.70. The summed E-state index contributed by atoms with van der Waals surface area (Å²) in [5.41, 5.74) is 4.17. The van der Waals surface area contributed by atoms with E-state index in [9.17, 15) is 9.59 Å². The summed E-state index contributed by atoms with van der Waals surface area (Å²) in [7, 11) is 0. The van der Waals surface area contributed by atoms with Gasteiger partial charge in [-0.1, -0.05) is 0 Å². The van der Waals surface area contributed by atoms with Crippen molar-refractivity contribution in [3.63, 3.8) is 0 Å². The van der Waals surface area contributed by atoms with Gasteiger partial charge in [0.2, 0.25) is 5.91 Å². The van der Waals surface area contributed by atoms with Gasteiger partial charge in [-0.3, -0.25) is 14.6 Å². The van der Waals surface area contributed by atoms with E-state index in [-0.39, 0.29) is 11.8 Å². The second kappa shape index (κ2) is 5.42. The molecule has 0 saturated carbocycles. The molecule has 0 spiro atoms. The third-order valence-electron chi connectivity index (χ3n) is 3.17. The minimum atomic E-state index is -0.113. The average molecular weight is 287 g/mol. The summed E-state index contributed by atoms with van der Waals surface area (Å²) in [6.07, 6.45) is 2.89. The Labute approximate surface area is 120 Å². The van der Waals surface area contributed by atoms with Gasteiger partial charge in [-0.25, -0.2) is 0 Å². The molecular formula is C14H13N3O2S. The molecule has 0 radical (unpaired) electrons. The van der Waals surface area contributed by atoms with E-state index in [1.807, 2.05) is 6.07 Å². The van der Waals surface area contributed by atoms with Crippen LogP contribution in [0.3, 0.4) is 0 Å². The molecule has 6 heteroatoms. The van der Waals surface area contributed by atoms with Crippen LogP contribution in [-0.2, 0) is 17.8 Å². The van der Waals surface area contributed by atoms with Gasteiger partial charge >= 0.3 is 0 Å². The number of benzene rings is 1. The first-order chi connectivity index (χ1) is 9.72. The molecule has 1 aliphatic rings. The maximum absolute atomic E-state index is 12.1. The number of fused-ring (bicyclic) bond motifs is 1. The van der Waals surface area contributed by atoms with Gasteiger partial charge in [-0.2, -0.15) is 0 Å². The maximum Gasteiger partial charge on any atom is 0.251 e. The zero-order valence-electron chi connectivity index (χ0n) is 10.7. The van der Waals surface area contributed by atoms with Crippen LogP contribution in [0.2, 0.25) is 0 Å². The molecule has 20 heavy (non-hydrogen) atoms. The Morgan fingerprint density at radius 3 is 3.10 bits per heavy atom. The molecule has 2 amide bonds. The van der Waals surface area contributed by atoms with Gasteiger partial charge in [0.15, 0.2) is 0 Å². The number of aryl methyl sites for hydroxylation is 1. The molecule has 0 saturated heterocycles. The van der Waals surface area contributed by atoms with Gasteiger partial charge in [0, 0.05) is 28.7 Å². The zero-order chi connectivity index (χ0) is 13.9. The molecule has 1 aromatic carbocycles. The number of nitrogens with one attached hydrogen (secondary N) is 2. The normalized spacial score (nSPS) is 13.5. The molecule has 0 unspecified atom stereocenters. The van der Waals surface area contributed by atoms with Gasteiger partial charge in [0.1, 0.15) is 0 Å². The van der Waals surface area contributed by atoms with Crippen molar-refractivity contribution >= 4 is 28.8 Å². The predicted octanol–water partition coefficient (Wildman–Crippen LogP) is 1.96. The standard InChI is InChI=1S/C14H13N3O2S/c18-13-4-2-9-5-10(1-3-12(9)17-13)14(19)16-7-11-6-15-8-20-11/h1,3,5-6,8H,2,4,7H2,(H,16,19)(H,17,18). The fourth-order valence-electron chi connectivity index (χ4n) is 2.12. The molecule has 5 nitrogen and oxygen atoms in total.